The van der Waals surface area contributed by atoms with Gasteiger partial charge < -0.3 is 4.90 Å². The van der Waals surface area contributed by atoms with Crippen LogP contribution in [0.4, 0.5) is 4.39 Å². The largest absolute Gasteiger partial charge is 0.346 e. The number of amides is 1. The number of benzene rings is 1. The van der Waals surface area contributed by atoms with Crippen LogP contribution in [0.5, 0.6) is 0 Å². The van der Waals surface area contributed by atoms with E-state index in [1.54, 1.807) is 28.6 Å². The van der Waals surface area contributed by atoms with Gasteiger partial charge in [-0.1, -0.05) is 12.8 Å². The number of aromatic nitrogens is 5. The van der Waals surface area contributed by atoms with Crippen molar-refractivity contribution < 1.29 is 9.18 Å². The third-order valence-corrected chi connectivity index (χ3v) is 6.20. The van der Waals surface area contributed by atoms with E-state index in [-0.39, 0.29) is 24.0 Å². The molecule has 3 heterocycles. The van der Waals surface area contributed by atoms with Crippen molar-refractivity contribution in [1.29, 1.82) is 0 Å². The van der Waals surface area contributed by atoms with E-state index in [4.69, 9.17) is 0 Å². The van der Waals surface area contributed by atoms with Crippen LogP contribution in [-0.2, 0) is 30.7 Å². The molecule has 33 heavy (non-hydrogen) atoms. The van der Waals surface area contributed by atoms with E-state index >= 15 is 0 Å². The van der Waals surface area contributed by atoms with E-state index in [2.05, 4.69) is 15.3 Å². The van der Waals surface area contributed by atoms with Gasteiger partial charge in [0.05, 0.1) is 5.69 Å². The number of hydrogen-bond donors (Lipinski definition) is 1. The first-order valence-corrected chi connectivity index (χ1v) is 11.7. The average Bonchev–Trinajstić information content (AvgIpc) is 3.30. The van der Waals surface area contributed by atoms with Gasteiger partial charge in [-0.3, -0.25) is 14.5 Å². The molecule has 1 aliphatic heterocycles. The molecule has 1 N–H and O–H groups in total. The van der Waals surface area contributed by atoms with Gasteiger partial charge in [0.15, 0.2) is 0 Å². The highest BCUT2D eigenvalue weighted by Crippen LogP contribution is 2.19. The monoisotopic (exact) mass is 454 g/mol. The molecule has 0 spiro atoms. The van der Waals surface area contributed by atoms with Crippen molar-refractivity contribution in [3.05, 3.63) is 58.2 Å². The Morgan fingerprint density at radius 1 is 1.15 bits per heavy atom. The molecule has 0 fully saturated rings. The predicted molar refractivity (Wildman–Crippen MR) is 123 cm³/mol. The van der Waals surface area contributed by atoms with Crippen molar-refractivity contribution in [1.82, 2.24) is 29.4 Å². The van der Waals surface area contributed by atoms with Gasteiger partial charge in [0.1, 0.15) is 18.2 Å². The van der Waals surface area contributed by atoms with Crippen LogP contribution in [0.3, 0.4) is 0 Å². The van der Waals surface area contributed by atoms with Crippen LogP contribution in [0.2, 0.25) is 0 Å². The second-order valence-electron chi connectivity index (χ2n) is 8.73. The third kappa shape index (κ3) is 5.77. The first-order valence-electron chi connectivity index (χ1n) is 11.7. The zero-order chi connectivity index (χ0) is 23.2. The highest BCUT2D eigenvalue weighted by molar-refractivity contribution is 5.75. The quantitative estimate of drug-likeness (QED) is 0.503. The van der Waals surface area contributed by atoms with E-state index < -0.39 is 0 Å². The van der Waals surface area contributed by atoms with E-state index in [1.165, 1.54) is 16.8 Å². The molecule has 9 heteroatoms. The van der Waals surface area contributed by atoms with E-state index in [9.17, 15) is 14.0 Å². The summed E-state index contributed by atoms with van der Waals surface area (Å²) >= 11 is 0. The summed E-state index contributed by atoms with van der Waals surface area (Å²) in [6, 6.07) is 8.29. The fourth-order valence-corrected chi connectivity index (χ4v) is 4.20. The molecule has 0 saturated heterocycles. The molecular formula is C24H31FN6O2. The molecule has 3 aromatic rings. The van der Waals surface area contributed by atoms with E-state index in [0.29, 0.717) is 13.1 Å². The molecule has 0 bridgehead atoms. The van der Waals surface area contributed by atoms with E-state index in [1.807, 2.05) is 6.07 Å². The smallest absolute Gasteiger partial charge is 0.344 e. The maximum Gasteiger partial charge on any atom is 0.346 e. The van der Waals surface area contributed by atoms with Gasteiger partial charge >= 0.3 is 5.69 Å². The molecule has 2 aromatic heterocycles. The van der Waals surface area contributed by atoms with Crippen molar-refractivity contribution in [2.45, 2.75) is 64.5 Å². The van der Waals surface area contributed by atoms with Crippen LogP contribution in [-0.4, -0.2) is 48.9 Å². The summed E-state index contributed by atoms with van der Waals surface area (Å²) in [6.07, 6.45) is 7.63. The van der Waals surface area contributed by atoms with Crippen LogP contribution < -0.4 is 5.69 Å². The molecule has 0 saturated carbocycles. The Kier molecular flexibility index (Phi) is 7.36. The minimum atomic E-state index is -0.260. The number of rotatable bonds is 9. The Hall–Kier alpha value is -3.23. The number of aromatic amines is 1. The number of nitrogens with one attached hydrogen (secondary N) is 1. The highest BCUT2D eigenvalue weighted by Gasteiger charge is 2.18. The minimum absolute atomic E-state index is 0.00432. The Balaban J connectivity index is 1.19. The molecule has 4 rings (SSSR count). The van der Waals surface area contributed by atoms with Crippen molar-refractivity contribution in [2.24, 2.45) is 0 Å². The van der Waals surface area contributed by atoms with Gasteiger partial charge in [0.25, 0.3) is 0 Å². The summed E-state index contributed by atoms with van der Waals surface area (Å²) < 4.78 is 16.1. The molecule has 0 aliphatic carbocycles. The minimum Gasteiger partial charge on any atom is -0.344 e. The van der Waals surface area contributed by atoms with Crippen LogP contribution >= 0.6 is 0 Å². The van der Waals surface area contributed by atoms with Crippen LogP contribution in [0.1, 0.15) is 50.0 Å². The molecule has 1 aromatic carbocycles. The normalized spacial score (nSPS) is 13.5. The van der Waals surface area contributed by atoms with E-state index in [0.717, 1.165) is 74.1 Å². The molecule has 0 unspecified atom stereocenters. The summed E-state index contributed by atoms with van der Waals surface area (Å²) in [6.45, 7) is 1.33. The Labute approximate surface area is 192 Å². The lowest BCUT2D eigenvalue weighted by Gasteiger charge is -2.16. The number of unbranched alkanes of at least 4 members (excludes halogenated alkanes) is 2. The fraction of sp³-hybridized carbons (Fsp3) is 0.500. The summed E-state index contributed by atoms with van der Waals surface area (Å²) in [4.78, 5) is 26.8. The van der Waals surface area contributed by atoms with Crippen molar-refractivity contribution >= 4 is 5.91 Å². The SMILES string of the molecule is CN(CCCCCc1cc(-c2ccc(F)cc2)n[nH]1)C(=O)Cn1nc2n(c1=O)CCCCC2. The van der Waals surface area contributed by atoms with Gasteiger partial charge in [-0.15, -0.1) is 0 Å². The standard InChI is InChI=1S/C24H31FN6O2/c1-29(23(32)17-31-24(33)30-15-7-3-5-9-22(30)28-31)14-6-2-4-8-20-16-21(27-26-20)18-10-12-19(25)13-11-18/h10-13,16H,2-9,14-15,17H2,1H3,(H,26,27). The van der Waals surface area contributed by atoms with Gasteiger partial charge in [0.2, 0.25) is 5.91 Å². The number of H-pyrrole nitrogens is 1. The molecule has 1 aliphatic rings. The number of carbonyl (C=O) groups excluding carboxylic acids is 1. The number of aryl methyl sites for hydroxylation is 2. The molecule has 0 radical (unpaired) electrons. The maximum atomic E-state index is 13.1. The lowest BCUT2D eigenvalue weighted by atomic mass is 10.1. The van der Waals surface area contributed by atoms with Crippen molar-refractivity contribution in [3.63, 3.8) is 0 Å². The van der Waals surface area contributed by atoms with Gasteiger partial charge in [-0.2, -0.15) is 10.2 Å². The summed E-state index contributed by atoms with van der Waals surface area (Å²) in [5, 5.41) is 11.7. The zero-order valence-corrected chi connectivity index (χ0v) is 19.1. The van der Waals surface area contributed by atoms with Gasteiger partial charge in [-0.25, -0.2) is 13.9 Å². The molecule has 1 amide bonds. The number of nitrogens with zero attached hydrogens (tertiary/aromatic N) is 5. The summed E-state index contributed by atoms with van der Waals surface area (Å²) in [5.41, 5.74) is 2.56. The lowest BCUT2D eigenvalue weighted by Crippen LogP contribution is -2.35. The van der Waals surface area contributed by atoms with Gasteiger partial charge in [-0.05, 0) is 62.4 Å². The number of halogens is 1. The highest BCUT2D eigenvalue weighted by atomic mass is 19.1. The van der Waals surface area contributed by atoms with Crippen LogP contribution in [0.15, 0.2) is 35.1 Å². The van der Waals surface area contributed by atoms with Gasteiger partial charge in [0, 0.05) is 37.8 Å². The van der Waals surface area contributed by atoms with Crippen LogP contribution in [0, 0.1) is 5.82 Å². The molecule has 8 nitrogen and oxygen atoms in total. The lowest BCUT2D eigenvalue weighted by molar-refractivity contribution is -0.130. The average molecular weight is 455 g/mol. The summed E-state index contributed by atoms with van der Waals surface area (Å²) in [7, 11) is 1.78. The topological polar surface area (TPSA) is 88.8 Å². The van der Waals surface area contributed by atoms with Crippen molar-refractivity contribution in [3.8, 4) is 11.3 Å². The van der Waals surface area contributed by atoms with Crippen LogP contribution in [0.25, 0.3) is 11.3 Å². The zero-order valence-electron chi connectivity index (χ0n) is 19.1. The molecule has 176 valence electrons. The molecular weight excluding hydrogens is 423 g/mol. The maximum absolute atomic E-state index is 13.1. The second-order valence-corrected chi connectivity index (χ2v) is 8.73. The Morgan fingerprint density at radius 2 is 1.97 bits per heavy atom. The fourth-order valence-electron chi connectivity index (χ4n) is 4.20. The first-order chi connectivity index (χ1) is 16.0. The number of likely N-dealkylation sites (N-methyl/N-ethyl adjacent to an activating group) is 1. The number of fused-ring (bicyclic) bond motifs is 1. The Morgan fingerprint density at radius 3 is 2.79 bits per heavy atom. The third-order valence-electron chi connectivity index (χ3n) is 6.20. The summed E-state index contributed by atoms with van der Waals surface area (Å²) in [5.74, 6) is 0.446. The Bertz CT molecular complexity index is 1130. The molecule has 0 atom stereocenters. The predicted octanol–water partition coefficient (Wildman–Crippen LogP) is 3.17. The van der Waals surface area contributed by atoms with Crippen molar-refractivity contribution in [2.75, 3.05) is 13.6 Å². The second kappa shape index (κ2) is 10.6. The number of hydrogen-bond acceptors (Lipinski definition) is 4. The number of carbonyl (C=O) groups is 1. The first kappa shape index (κ1) is 22.9.